The molecule has 0 saturated heterocycles. The van der Waals surface area contributed by atoms with Gasteiger partial charge in [-0.1, -0.05) is 38.0 Å². The molecule has 0 fully saturated rings. The molecule has 216 valence electrons. The summed E-state index contributed by atoms with van der Waals surface area (Å²) in [5, 5.41) is 11.8. The van der Waals surface area contributed by atoms with Gasteiger partial charge in [0.2, 0.25) is 0 Å². The third-order valence-electron chi connectivity index (χ3n) is 5.74. The zero-order valence-corrected chi connectivity index (χ0v) is 22.3. The number of carbonyl (C=O) groups excluding carboxylic acids is 1. The van der Waals surface area contributed by atoms with Crippen LogP contribution in [0.1, 0.15) is 44.2 Å². The summed E-state index contributed by atoms with van der Waals surface area (Å²) in [6.07, 6.45) is -2.24. The van der Waals surface area contributed by atoms with Crippen LogP contribution in [0.2, 0.25) is 0 Å². The normalized spacial score (nSPS) is 12.1. The maximum Gasteiger partial charge on any atom is 0.416 e. The lowest BCUT2D eigenvalue weighted by molar-refractivity contribution is -0.150. The first-order chi connectivity index (χ1) is 18.6. The number of carbonyl (C=O) groups is 2. The van der Waals surface area contributed by atoms with Gasteiger partial charge in [-0.25, -0.2) is 9.59 Å². The Morgan fingerprint density at radius 1 is 1.00 bits per heavy atom. The summed E-state index contributed by atoms with van der Waals surface area (Å²) in [6, 6.07) is 10.8. The summed E-state index contributed by atoms with van der Waals surface area (Å²) in [4.78, 5) is 25.6. The average Bonchev–Trinajstić information content (AvgIpc) is 2.89. The van der Waals surface area contributed by atoms with E-state index in [-0.39, 0.29) is 38.4 Å². The molecular weight excluding hydrogens is 517 g/mol. The highest BCUT2D eigenvalue weighted by Gasteiger charge is 2.30. The van der Waals surface area contributed by atoms with Gasteiger partial charge in [0.05, 0.1) is 18.7 Å². The van der Waals surface area contributed by atoms with E-state index in [2.05, 4.69) is 12.2 Å². The fraction of sp³-hybridized carbons (Fsp3) is 0.500. The van der Waals surface area contributed by atoms with Crippen LogP contribution in [-0.2, 0) is 26.9 Å². The van der Waals surface area contributed by atoms with Crippen LogP contribution in [0.5, 0.6) is 5.75 Å². The van der Waals surface area contributed by atoms with Crippen LogP contribution < -0.4 is 10.1 Å². The van der Waals surface area contributed by atoms with E-state index in [1.54, 1.807) is 31.2 Å². The molecule has 0 radical (unpaired) electrons. The number of aliphatic carboxylic acids is 1. The number of benzene rings is 2. The van der Waals surface area contributed by atoms with Crippen molar-refractivity contribution in [2.45, 2.75) is 51.8 Å². The maximum atomic E-state index is 13.1. The van der Waals surface area contributed by atoms with Gasteiger partial charge in [-0.15, -0.1) is 0 Å². The van der Waals surface area contributed by atoms with E-state index in [9.17, 15) is 27.9 Å². The van der Waals surface area contributed by atoms with Gasteiger partial charge in [0.15, 0.2) is 6.10 Å². The molecule has 2 aromatic carbocycles. The lowest BCUT2D eigenvalue weighted by atomic mass is 10.1. The van der Waals surface area contributed by atoms with Gasteiger partial charge >= 0.3 is 18.2 Å². The van der Waals surface area contributed by atoms with Crippen LogP contribution in [-0.4, -0.2) is 67.6 Å². The highest BCUT2D eigenvalue weighted by molar-refractivity contribution is 5.89. The molecule has 0 saturated carbocycles. The number of halogens is 3. The van der Waals surface area contributed by atoms with E-state index < -0.39 is 29.8 Å². The number of carboxylic acids is 1. The number of rotatable bonds is 17. The number of anilines is 1. The monoisotopic (exact) mass is 554 g/mol. The van der Waals surface area contributed by atoms with Crippen LogP contribution >= 0.6 is 0 Å². The third kappa shape index (κ3) is 12.0. The molecular formula is C28H37F3N2O6. The standard InChI is InChI=1S/C28H37F3N2O6/c1-3-5-6-16-37-17-14-33(27(36)32-23-9-7-8-22(20-23)28(29,30)31)15-18-39-24-12-10-21(11-13-24)19-25(26(34)35)38-4-2/h7-13,20,25H,3-6,14-19H2,1-2H3,(H,32,36)(H,34,35). The molecule has 1 unspecified atom stereocenters. The number of amides is 2. The van der Waals surface area contributed by atoms with Gasteiger partial charge in [0.1, 0.15) is 12.4 Å². The SMILES string of the molecule is CCCCCOCCN(CCOc1ccc(CC(OCC)C(=O)O)cc1)C(=O)Nc1cccc(C(F)(F)F)c1. The van der Waals surface area contributed by atoms with Crippen molar-refractivity contribution in [3.05, 3.63) is 59.7 Å². The molecule has 0 aliphatic heterocycles. The predicted octanol–water partition coefficient (Wildman–Crippen LogP) is 5.86. The van der Waals surface area contributed by atoms with E-state index in [1.165, 1.54) is 17.0 Å². The molecule has 39 heavy (non-hydrogen) atoms. The van der Waals surface area contributed by atoms with Crippen LogP contribution in [0, 0.1) is 0 Å². The Balaban J connectivity index is 1.96. The molecule has 2 amide bonds. The number of nitrogens with zero attached hydrogens (tertiary/aromatic N) is 1. The zero-order valence-electron chi connectivity index (χ0n) is 22.3. The summed E-state index contributed by atoms with van der Waals surface area (Å²) < 4.78 is 55.8. The minimum atomic E-state index is -4.52. The van der Waals surface area contributed by atoms with E-state index in [0.717, 1.165) is 37.0 Å². The van der Waals surface area contributed by atoms with Crippen LogP contribution in [0.4, 0.5) is 23.7 Å². The molecule has 1 atom stereocenters. The highest BCUT2D eigenvalue weighted by Crippen LogP contribution is 2.30. The smallest absolute Gasteiger partial charge is 0.416 e. The van der Waals surface area contributed by atoms with E-state index in [0.29, 0.717) is 19.0 Å². The summed E-state index contributed by atoms with van der Waals surface area (Å²) >= 11 is 0. The maximum absolute atomic E-state index is 13.1. The third-order valence-corrected chi connectivity index (χ3v) is 5.74. The Morgan fingerprint density at radius 3 is 2.36 bits per heavy atom. The second-order valence-corrected chi connectivity index (χ2v) is 8.79. The van der Waals surface area contributed by atoms with Gasteiger partial charge in [-0.2, -0.15) is 13.2 Å². The molecule has 0 aliphatic carbocycles. The molecule has 0 aromatic heterocycles. The van der Waals surface area contributed by atoms with Crippen LogP contribution in [0.15, 0.2) is 48.5 Å². The van der Waals surface area contributed by atoms with Crippen LogP contribution in [0.25, 0.3) is 0 Å². The summed E-state index contributed by atoms with van der Waals surface area (Å²) in [6.45, 7) is 5.46. The Bertz CT molecular complexity index is 1020. The zero-order chi connectivity index (χ0) is 28.7. The quantitative estimate of drug-likeness (QED) is 0.238. The number of hydrogen-bond acceptors (Lipinski definition) is 5. The minimum Gasteiger partial charge on any atom is -0.492 e. The molecule has 0 heterocycles. The summed E-state index contributed by atoms with van der Waals surface area (Å²) in [5.41, 5.74) is -0.0498. The number of ether oxygens (including phenoxy) is 3. The van der Waals surface area contributed by atoms with Gasteiger partial charge in [-0.3, -0.25) is 0 Å². The van der Waals surface area contributed by atoms with Crippen molar-refractivity contribution in [2.24, 2.45) is 0 Å². The first-order valence-electron chi connectivity index (χ1n) is 13.0. The predicted molar refractivity (Wildman–Crippen MR) is 141 cm³/mol. The van der Waals surface area contributed by atoms with Crippen molar-refractivity contribution in [1.82, 2.24) is 4.90 Å². The molecule has 2 N–H and O–H groups in total. The second kappa shape index (κ2) is 16.6. The first-order valence-corrected chi connectivity index (χ1v) is 13.0. The summed E-state index contributed by atoms with van der Waals surface area (Å²) in [7, 11) is 0. The Kier molecular flexibility index (Phi) is 13.6. The molecule has 0 aliphatic rings. The number of carboxylic acid groups (broad SMARTS) is 1. The Morgan fingerprint density at radius 2 is 1.72 bits per heavy atom. The summed E-state index contributed by atoms with van der Waals surface area (Å²) in [5.74, 6) is -0.508. The fourth-order valence-electron chi connectivity index (χ4n) is 3.65. The molecule has 2 aromatic rings. The highest BCUT2D eigenvalue weighted by atomic mass is 19.4. The van der Waals surface area contributed by atoms with Crippen LogP contribution in [0.3, 0.4) is 0 Å². The van der Waals surface area contributed by atoms with Gasteiger partial charge in [-0.05, 0) is 49.2 Å². The average molecular weight is 555 g/mol. The van der Waals surface area contributed by atoms with Crippen molar-refractivity contribution in [3.8, 4) is 5.75 Å². The Hall–Kier alpha value is -3.31. The van der Waals surface area contributed by atoms with Crippen molar-refractivity contribution in [1.29, 1.82) is 0 Å². The largest absolute Gasteiger partial charge is 0.492 e. The Labute approximate surface area is 227 Å². The first kappa shape index (κ1) is 31.9. The lowest BCUT2D eigenvalue weighted by Gasteiger charge is -2.23. The van der Waals surface area contributed by atoms with Gasteiger partial charge < -0.3 is 29.5 Å². The van der Waals surface area contributed by atoms with Gasteiger partial charge in [0.25, 0.3) is 0 Å². The van der Waals surface area contributed by atoms with E-state index in [1.807, 2.05) is 0 Å². The number of alkyl halides is 3. The number of nitrogens with one attached hydrogen (secondary N) is 1. The van der Waals surface area contributed by atoms with Crippen molar-refractivity contribution >= 4 is 17.7 Å². The number of hydrogen-bond donors (Lipinski definition) is 2. The topological polar surface area (TPSA) is 97.3 Å². The molecule has 2 rings (SSSR count). The van der Waals surface area contributed by atoms with E-state index in [4.69, 9.17) is 14.2 Å². The molecule has 0 bridgehead atoms. The molecule has 0 spiro atoms. The fourth-order valence-corrected chi connectivity index (χ4v) is 3.65. The van der Waals surface area contributed by atoms with Gasteiger partial charge in [0, 0.05) is 31.9 Å². The van der Waals surface area contributed by atoms with Crippen molar-refractivity contribution in [2.75, 3.05) is 44.8 Å². The number of unbranched alkanes of at least 4 members (excludes halogenated alkanes) is 2. The second-order valence-electron chi connectivity index (χ2n) is 8.79. The molecule has 8 nitrogen and oxygen atoms in total. The van der Waals surface area contributed by atoms with Crippen molar-refractivity contribution < 1.29 is 42.1 Å². The minimum absolute atomic E-state index is 0.0342. The van der Waals surface area contributed by atoms with Crippen molar-refractivity contribution in [3.63, 3.8) is 0 Å². The molecule has 11 heteroatoms. The lowest BCUT2D eigenvalue weighted by Crippen LogP contribution is -2.40. The number of urea groups is 1. The van der Waals surface area contributed by atoms with E-state index >= 15 is 0 Å².